The SMILES string of the molecule is CCOc1ccc(NC(=O)c2cc3ccccc3c(N=Nc3cc(CC)c(Cl)c(S(=O)(=O)O)c3)c2[O-])c(Cl)c1.[Na+]. The molecule has 0 fully saturated rings. The Bertz CT molecular complexity index is 1730. The first kappa shape index (κ1) is 31.8. The van der Waals surface area contributed by atoms with Crippen LogP contribution < -0.4 is 44.7 Å². The Morgan fingerprint density at radius 3 is 2.42 bits per heavy atom. The maximum absolute atomic E-state index is 13.4. The number of benzene rings is 4. The molecule has 0 atom stereocenters. The van der Waals surface area contributed by atoms with Gasteiger partial charge in [-0.3, -0.25) is 9.35 Å². The van der Waals surface area contributed by atoms with Gasteiger partial charge >= 0.3 is 29.6 Å². The molecule has 4 aromatic rings. The quantitative estimate of drug-likeness (QED) is 0.175. The van der Waals surface area contributed by atoms with Crippen LogP contribution in [0.1, 0.15) is 29.8 Å². The number of hydrogen-bond donors (Lipinski definition) is 2. The van der Waals surface area contributed by atoms with Gasteiger partial charge in [0.25, 0.3) is 16.0 Å². The standard InChI is InChI=1S/C27H23Cl2N3O6S.Na/c1-3-15-11-17(13-23(24(15)29)39(35,36)37)31-32-25-19-8-6-5-7-16(19)12-20(26(25)33)27(34)30-22-10-9-18(38-4-2)14-21(22)28;/h5-14,33H,3-4H2,1-2H3,(H,30,34)(H,35,36,37);/q;+1/p-1. The van der Waals surface area contributed by atoms with Gasteiger partial charge in [0.2, 0.25) is 0 Å². The molecule has 0 spiro atoms. The van der Waals surface area contributed by atoms with Crippen LogP contribution >= 0.6 is 23.2 Å². The van der Waals surface area contributed by atoms with E-state index >= 15 is 0 Å². The van der Waals surface area contributed by atoms with E-state index in [1.807, 2.05) is 6.92 Å². The first-order chi connectivity index (χ1) is 18.5. The number of nitrogens with zero attached hydrogens (tertiary/aromatic N) is 2. The molecule has 0 aliphatic carbocycles. The van der Waals surface area contributed by atoms with Crippen molar-refractivity contribution in [1.29, 1.82) is 0 Å². The number of ether oxygens (including phenoxy) is 1. The Balaban J connectivity index is 0.00000441. The van der Waals surface area contributed by atoms with Gasteiger partial charge in [0.1, 0.15) is 10.6 Å². The monoisotopic (exact) mass is 609 g/mol. The summed E-state index contributed by atoms with van der Waals surface area (Å²) in [4.78, 5) is 12.6. The Hall–Kier alpha value is -2.70. The third-order valence-corrected chi connectivity index (χ3v) is 7.49. The molecule has 4 aromatic carbocycles. The summed E-state index contributed by atoms with van der Waals surface area (Å²) < 4.78 is 38.6. The van der Waals surface area contributed by atoms with Crippen molar-refractivity contribution in [3.63, 3.8) is 0 Å². The number of anilines is 1. The van der Waals surface area contributed by atoms with Gasteiger partial charge in [-0.1, -0.05) is 60.1 Å². The predicted octanol–water partition coefficient (Wildman–Crippen LogP) is 4.10. The molecule has 0 saturated carbocycles. The molecule has 0 aliphatic heterocycles. The molecule has 0 bridgehead atoms. The average molecular weight is 610 g/mol. The molecule has 0 aromatic heterocycles. The van der Waals surface area contributed by atoms with E-state index in [0.717, 1.165) is 6.07 Å². The number of hydrogen-bond acceptors (Lipinski definition) is 7. The van der Waals surface area contributed by atoms with Crippen LogP contribution in [0.3, 0.4) is 0 Å². The van der Waals surface area contributed by atoms with Crippen molar-refractivity contribution in [2.24, 2.45) is 10.2 Å². The number of aryl methyl sites for hydroxylation is 1. The van der Waals surface area contributed by atoms with Crippen molar-refractivity contribution in [2.45, 2.75) is 25.2 Å². The van der Waals surface area contributed by atoms with Crippen LogP contribution in [-0.4, -0.2) is 25.5 Å². The van der Waals surface area contributed by atoms with Crippen molar-refractivity contribution in [2.75, 3.05) is 11.9 Å². The molecular formula is C27H22Cl2N3NaO6S. The average Bonchev–Trinajstić information content (AvgIpc) is 2.89. The van der Waals surface area contributed by atoms with Crippen LogP contribution in [0.25, 0.3) is 10.8 Å². The van der Waals surface area contributed by atoms with Gasteiger partial charge in [-0.2, -0.15) is 18.6 Å². The molecule has 40 heavy (non-hydrogen) atoms. The zero-order chi connectivity index (χ0) is 28.3. The summed E-state index contributed by atoms with van der Waals surface area (Å²) in [7, 11) is -4.64. The first-order valence-corrected chi connectivity index (χ1v) is 13.9. The Morgan fingerprint density at radius 2 is 1.77 bits per heavy atom. The normalized spacial score (nSPS) is 11.4. The molecule has 4 rings (SSSR count). The zero-order valence-electron chi connectivity index (χ0n) is 21.7. The number of azo groups is 1. The molecular weight excluding hydrogens is 588 g/mol. The third-order valence-electron chi connectivity index (χ3n) is 5.74. The van der Waals surface area contributed by atoms with E-state index in [1.165, 1.54) is 12.1 Å². The molecule has 2 N–H and O–H groups in total. The summed E-state index contributed by atoms with van der Waals surface area (Å²) in [6, 6.07) is 15.6. The molecule has 0 radical (unpaired) electrons. The molecule has 0 saturated heterocycles. The zero-order valence-corrected chi connectivity index (χ0v) is 26.1. The van der Waals surface area contributed by atoms with E-state index in [1.54, 1.807) is 49.4 Å². The number of fused-ring (bicyclic) bond motifs is 1. The second kappa shape index (κ2) is 13.3. The molecule has 13 heteroatoms. The van der Waals surface area contributed by atoms with Crippen LogP contribution in [-0.2, 0) is 16.5 Å². The Morgan fingerprint density at radius 1 is 1.05 bits per heavy atom. The van der Waals surface area contributed by atoms with Crippen molar-refractivity contribution in [1.82, 2.24) is 0 Å². The van der Waals surface area contributed by atoms with Gasteiger partial charge in [-0.25, -0.2) is 0 Å². The van der Waals surface area contributed by atoms with Crippen LogP contribution in [0.5, 0.6) is 11.5 Å². The minimum Gasteiger partial charge on any atom is -0.870 e. The van der Waals surface area contributed by atoms with E-state index in [-0.39, 0.29) is 62.2 Å². The molecule has 9 nitrogen and oxygen atoms in total. The van der Waals surface area contributed by atoms with Crippen LogP contribution in [0.4, 0.5) is 17.1 Å². The van der Waals surface area contributed by atoms with E-state index in [9.17, 15) is 22.9 Å². The number of amides is 1. The van der Waals surface area contributed by atoms with Gasteiger partial charge in [0, 0.05) is 17.0 Å². The molecule has 0 aliphatic rings. The van der Waals surface area contributed by atoms with E-state index in [2.05, 4.69) is 15.5 Å². The fourth-order valence-electron chi connectivity index (χ4n) is 3.87. The molecule has 0 heterocycles. The maximum atomic E-state index is 13.4. The second-order valence-electron chi connectivity index (χ2n) is 8.30. The van der Waals surface area contributed by atoms with Gasteiger partial charge in [0.15, 0.2) is 0 Å². The largest absolute Gasteiger partial charge is 1.00 e. The molecule has 1 amide bonds. The fourth-order valence-corrected chi connectivity index (χ4v) is 5.25. The number of rotatable bonds is 8. The second-order valence-corrected chi connectivity index (χ2v) is 10.5. The predicted molar refractivity (Wildman–Crippen MR) is 149 cm³/mol. The summed E-state index contributed by atoms with van der Waals surface area (Å²) in [5.74, 6) is -0.873. The minimum atomic E-state index is -4.64. The van der Waals surface area contributed by atoms with Crippen molar-refractivity contribution >= 4 is 67.1 Å². The third kappa shape index (κ3) is 6.95. The van der Waals surface area contributed by atoms with Gasteiger partial charge in [-0.15, -0.1) is 0 Å². The Labute approximate surface area is 263 Å². The number of carbonyl (C=O) groups is 1. The van der Waals surface area contributed by atoms with Gasteiger partial charge < -0.3 is 15.2 Å². The van der Waals surface area contributed by atoms with Crippen molar-refractivity contribution in [3.05, 3.63) is 81.8 Å². The van der Waals surface area contributed by atoms with Crippen molar-refractivity contribution in [3.8, 4) is 11.5 Å². The summed E-state index contributed by atoms with van der Waals surface area (Å²) in [6.07, 6.45) is 0.351. The van der Waals surface area contributed by atoms with Gasteiger partial charge in [-0.05, 0) is 54.6 Å². The van der Waals surface area contributed by atoms with E-state index < -0.39 is 26.7 Å². The topological polar surface area (TPSA) is 140 Å². The minimum absolute atomic E-state index is 0. The number of carbonyl (C=O) groups excluding carboxylic acids is 1. The summed E-state index contributed by atoms with van der Waals surface area (Å²) >= 11 is 12.4. The molecule has 0 unspecified atom stereocenters. The summed E-state index contributed by atoms with van der Waals surface area (Å²) in [6.45, 7) is 4.03. The Kier molecular flexibility index (Phi) is 10.6. The maximum Gasteiger partial charge on any atom is 1.00 e. The summed E-state index contributed by atoms with van der Waals surface area (Å²) in [5, 5.41) is 25.3. The van der Waals surface area contributed by atoms with E-state index in [4.69, 9.17) is 27.9 Å². The first-order valence-electron chi connectivity index (χ1n) is 11.7. The summed E-state index contributed by atoms with van der Waals surface area (Å²) in [5.41, 5.74) is 0.414. The number of halogens is 2. The smallest absolute Gasteiger partial charge is 0.870 e. The molecule has 202 valence electrons. The van der Waals surface area contributed by atoms with Gasteiger partial charge in [0.05, 0.1) is 33.7 Å². The van der Waals surface area contributed by atoms with Crippen LogP contribution in [0.2, 0.25) is 10.0 Å². The van der Waals surface area contributed by atoms with E-state index in [0.29, 0.717) is 35.1 Å². The van der Waals surface area contributed by atoms with Crippen LogP contribution in [0, 0.1) is 0 Å². The van der Waals surface area contributed by atoms with Crippen molar-refractivity contribution < 1.29 is 57.2 Å². The van der Waals surface area contributed by atoms with Crippen LogP contribution in [0.15, 0.2) is 75.8 Å². The fraction of sp³-hybridized carbons (Fsp3) is 0.148. The number of nitrogens with one attached hydrogen (secondary N) is 1.